The molecule has 0 radical (unpaired) electrons. The molecule has 1 aliphatic carbocycles. The van der Waals surface area contributed by atoms with E-state index in [0.717, 1.165) is 25.0 Å². The van der Waals surface area contributed by atoms with Gasteiger partial charge < -0.3 is 5.11 Å². The third kappa shape index (κ3) is 1.85. The van der Waals surface area contributed by atoms with Crippen LogP contribution >= 0.6 is 0 Å². The van der Waals surface area contributed by atoms with E-state index < -0.39 is 5.97 Å². The molecule has 0 aromatic rings. The minimum Gasteiger partial charge on any atom is -0.481 e. The molecule has 2 fully saturated rings. The third-order valence-corrected chi connectivity index (χ3v) is 3.49. The van der Waals surface area contributed by atoms with E-state index in [4.69, 9.17) is 5.11 Å². The van der Waals surface area contributed by atoms with Gasteiger partial charge >= 0.3 is 5.97 Å². The van der Waals surface area contributed by atoms with Crippen LogP contribution < -0.4 is 0 Å². The Kier molecular flexibility index (Phi) is 2.54. The first-order valence-electron chi connectivity index (χ1n) is 5.23. The van der Waals surface area contributed by atoms with Crippen LogP contribution in [0.2, 0.25) is 0 Å². The summed E-state index contributed by atoms with van der Waals surface area (Å²) in [6, 6.07) is 0.722. The zero-order valence-electron chi connectivity index (χ0n) is 7.91. The van der Waals surface area contributed by atoms with Crippen LogP contribution in [0.25, 0.3) is 0 Å². The Balaban J connectivity index is 1.83. The Bertz CT molecular complexity index is 205. The minimum absolute atomic E-state index is 0.309. The summed E-state index contributed by atoms with van der Waals surface area (Å²) >= 11 is 0. The highest BCUT2D eigenvalue weighted by Crippen LogP contribution is 2.37. The van der Waals surface area contributed by atoms with Crippen LogP contribution in [0.15, 0.2) is 0 Å². The molecule has 13 heavy (non-hydrogen) atoms. The Morgan fingerprint density at radius 2 is 2.23 bits per heavy atom. The Morgan fingerprint density at radius 1 is 1.38 bits per heavy atom. The van der Waals surface area contributed by atoms with Crippen molar-refractivity contribution in [2.45, 2.75) is 38.1 Å². The van der Waals surface area contributed by atoms with Crippen molar-refractivity contribution in [3.8, 4) is 0 Å². The Morgan fingerprint density at radius 3 is 3.00 bits per heavy atom. The normalized spacial score (nSPS) is 33.5. The van der Waals surface area contributed by atoms with Crippen LogP contribution in [-0.4, -0.2) is 35.1 Å². The molecule has 3 heteroatoms. The van der Waals surface area contributed by atoms with Crippen molar-refractivity contribution in [3.05, 3.63) is 0 Å². The fraction of sp³-hybridized carbons (Fsp3) is 0.900. The lowest BCUT2D eigenvalue weighted by Crippen LogP contribution is -2.31. The molecule has 0 aromatic heterocycles. The highest BCUT2D eigenvalue weighted by Gasteiger charge is 2.36. The van der Waals surface area contributed by atoms with Gasteiger partial charge in [0.2, 0.25) is 0 Å². The number of hydrogen-bond acceptors (Lipinski definition) is 2. The van der Waals surface area contributed by atoms with Crippen molar-refractivity contribution < 1.29 is 9.90 Å². The smallest absolute Gasteiger partial charge is 0.304 e. The van der Waals surface area contributed by atoms with E-state index in [-0.39, 0.29) is 0 Å². The molecule has 1 N–H and O–H groups in total. The summed E-state index contributed by atoms with van der Waals surface area (Å²) in [5.41, 5.74) is 0. The minimum atomic E-state index is -0.665. The number of carbonyl (C=O) groups is 1. The molecular weight excluding hydrogens is 166 g/mol. The van der Waals surface area contributed by atoms with Crippen molar-refractivity contribution in [1.29, 1.82) is 0 Å². The predicted octanol–water partition coefficient (Wildman–Crippen LogP) is 1.34. The average Bonchev–Trinajstić information content (AvgIpc) is 2.60. The Hall–Kier alpha value is -0.570. The second-order valence-electron chi connectivity index (χ2n) is 4.23. The molecule has 1 saturated heterocycles. The molecule has 1 saturated carbocycles. The molecule has 0 aromatic carbocycles. The lowest BCUT2D eigenvalue weighted by atomic mass is 10.0. The van der Waals surface area contributed by atoms with Crippen LogP contribution in [0.3, 0.4) is 0 Å². The first-order valence-corrected chi connectivity index (χ1v) is 5.23. The van der Waals surface area contributed by atoms with Crippen LogP contribution in [-0.2, 0) is 4.79 Å². The summed E-state index contributed by atoms with van der Waals surface area (Å²) in [7, 11) is 0. The zero-order valence-corrected chi connectivity index (χ0v) is 7.91. The highest BCUT2D eigenvalue weighted by molar-refractivity contribution is 5.66. The fourth-order valence-electron chi connectivity index (χ4n) is 2.85. The fourth-order valence-corrected chi connectivity index (χ4v) is 2.85. The quantitative estimate of drug-likeness (QED) is 0.717. The predicted molar refractivity (Wildman–Crippen MR) is 49.6 cm³/mol. The molecule has 1 heterocycles. The summed E-state index contributed by atoms with van der Waals surface area (Å²) < 4.78 is 0. The number of hydrogen-bond donors (Lipinski definition) is 1. The van der Waals surface area contributed by atoms with Gasteiger partial charge in [0.1, 0.15) is 0 Å². The largest absolute Gasteiger partial charge is 0.481 e. The van der Waals surface area contributed by atoms with E-state index in [1.165, 1.54) is 25.7 Å². The summed E-state index contributed by atoms with van der Waals surface area (Å²) in [6.45, 7) is 1.89. The van der Waals surface area contributed by atoms with E-state index in [9.17, 15) is 4.79 Å². The molecular formula is C10H17NO2. The summed E-state index contributed by atoms with van der Waals surface area (Å²) in [5, 5.41) is 8.59. The van der Waals surface area contributed by atoms with E-state index in [0.29, 0.717) is 6.42 Å². The molecule has 2 rings (SSSR count). The summed E-state index contributed by atoms with van der Waals surface area (Å²) in [6.07, 6.45) is 5.62. The molecule has 0 amide bonds. The standard InChI is InChI=1S/C10H17NO2/c12-10(13)5-7-11-6-4-8-2-1-3-9(8)11/h8-9H,1-7H2,(H,12,13). The SMILES string of the molecule is O=C(O)CCN1CCC2CCCC21. The molecule has 2 aliphatic rings. The number of carboxylic acids is 1. The second kappa shape index (κ2) is 3.66. The van der Waals surface area contributed by atoms with Gasteiger partial charge in [-0.25, -0.2) is 0 Å². The van der Waals surface area contributed by atoms with Crippen molar-refractivity contribution in [2.75, 3.05) is 13.1 Å². The second-order valence-corrected chi connectivity index (χ2v) is 4.23. The summed E-state index contributed by atoms with van der Waals surface area (Å²) in [5.74, 6) is 0.218. The van der Waals surface area contributed by atoms with Gasteiger partial charge in [-0.05, 0) is 31.7 Å². The molecule has 0 spiro atoms. The molecule has 2 atom stereocenters. The van der Waals surface area contributed by atoms with Crippen LogP contribution in [0.4, 0.5) is 0 Å². The van der Waals surface area contributed by atoms with Gasteiger partial charge in [0.25, 0.3) is 0 Å². The number of carboxylic acid groups (broad SMARTS) is 1. The third-order valence-electron chi connectivity index (χ3n) is 3.49. The zero-order chi connectivity index (χ0) is 9.26. The van der Waals surface area contributed by atoms with Crippen LogP contribution in [0.1, 0.15) is 32.1 Å². The number of fused-ring (bicyclic) bond motifs is 1. The van der Waals surface area contributed by atoms with E-state index in [1.54, 1.807) is 0 Å². The van der Waals surface area contributed by atoms with Gasteiger partial charge in [-0.15, -0.1) is 0 Å². The number of nitrogens with zero attached hydrogens (tertiary/aromatic N) is 1. The monoisotopic (exact) mass is 183 g/mol. The van der Waals surface area contributed by atoms with Gasteiger partial charge in [0.15, 0.2) is 0 Å². The van der Waals surface area contributed by atoms with Gasteiger partial charge in [-0.3, -0.25) is 9.69 Å². The topological polar surface area (TPSA) is 40.5 Å². The van der Waals surface area contributed by atoms with Crippen molar-refractivity contribution in [2.24, 2.45) is 5.92 Å². The average molecular weight is 183 g/mol. The van der Waals surface area contributed by atoms with Gasteiger partial charge in [-0.1, -0.05) is 6.42 Å². The first-order chi connectivity index (χ1) is 6.27. The van der Waals surface area contributed by atoms with E-state index in [1.807, 2.05) is 0 Å². The van der Waals surface area contributed by atoms with Gasteiger partial charge in [0, 0.05) is 12.6 Å². The number of aliphatic carboxylic acids is 1. The van der Waals surface area contributed by atoms with Crippen LogP contribution in [0.5, 0.6) is 0 Å². The molecule has 0 bridgehead atoms. The van der Waals surface area contributed by atoms with Crippen molar-refractivity contribution in [1.82, 2.24) is 4.90 Å². The maximum Gasteiger partial charge on any atom is 0.304 e. The number of likely N-dealkylation sites (tertiary alicyclic amines) is 1. The highest BCUT2D eigenvalue weighted by atomic mass is 16.4. The Labute approximate surface area is 78.7 Å². The molecule has 74 valence electrons. The van der Waals surface area contributed by atoms with Crippen molar-refractivity contribution in [3.63, 3.8) is 0 Å². The van der Waals surface area contributed by atoms with Gasteiger partial charge in [0.05, 0.1) is 6.42 Å². The van der Waals surface area contributed by atoms with Crippen LogP contribution in [0, 0.1) is 5.92 Å². The summed E-state index contributed by atoms with van der Waals surface area (Å²) in [4.78, 5) is 12.8. The lowest BCUT2D eigenvalue weighted by Gasteiger charge is -2.22. The molecule has 3 nitrogen and oxygen atoms in total. The first kappa shape index (κ1) is 9.00. The molecule has 1 aliphatic heterocycles. The maximum absolute atomic E-state index is 10.4. The number of rotatable bonds is 3. The van der Waals surface area contributed by atoms with Crippen molar-refractivity contribution >= 4 is 5.97 Å². The molecule has 2 unspecified atom stereocenters. The lowest BCUT2D eigenvalue weighted by molar-refractivity contribution is -0.137. The van der Waals surface area contributed by atoms with Gasteiger partial charge in [-0.2, -0.15) is 0 Å². The van der Waals surface area contributed by atoms with E-state index >= 15 is 0 Å². The maximum atomic E-state index is 10.4. The van der Waals surface area contributed by atoms with E-state index in [2.05, 4.69) is 4.90 Å².